The molecule has 2 aromatic heterocycles. The van der Waals surface area contributed by atoms with Crippen LogP contribution in [0, 0.1) is 6.92 Å². The normalized spacial score (nSPS) is 18.1. The lowest BCUT2D eigenvalue weighted by Crippen LogP contribution is -2.53. The number of ether oxygens (including phenoxy) is 1. The number of benzene rings is 1. The zero-order valence-electron chi connectivity index (χ0n) is 19.6. The van der Waals surface area contributed by atoms with Crippen LogP contribution in [0.4, 0.5) is 0 Å². The molecule has 2 aliphatic rings. The van der Waals surface area contributed by atoms with Crippen molar-refractivity contribution < 1.29 is 19.4 Å². The molecule has 2 aliphatic heterocycles. The highest BCUT2D eigenvalue weighted by molar-refractivity contribution is 5.94. The summed E-state index contributed by atoms with van der Waals surface area (Å²) >= 11 is 0. The van der Waals surface area contributed by atoms with E-state index in [1.54, 1.807) is 24.4 Å². The predicted octanol–water partition coefficient (Wildman–Crippen LogP) is 1.35. The Bertz CT molecular complexity index is 1240. The van der Waals surface area contributed by atoms with E-state index in [-0.39, 0.29) is 24.0 Å². The maximum Gasteiger partial charge on any atom is 0.338 e. The molecule has 1 atom stereocenters. The molecule has 0 radical (unpaired) electrons. The standard InChI is InChI=1S/C24H27N7O4/c1-15-17(4-5-18-19(15)13-35-23(18)34)21(32)12-30-9-7-24(2,8-10-30)27-22(33)20-6-3-16(11-25-20)31-14-26-28-29-31/h3-6,11,14,21,32H,7-10,12-13H2,1-2H3,(H,27,33)/t21-/m0/s1. The van der Waals surface area contributed by atoms with Crippen LogP contribution in [0.15, 0.2) is 36.8 Å². The van der Waals surface area contributed by atoms with Gasteiger partial charge >= 0.3 is 5.97 Å². The summed E-state index contributed by atoms with van der Waals surface area (Å²) < 4.78 is 6.59. The molecular formula is C24H27N7O4. The lowest BCUT2D eigenvalue weighted by atomic mass is 9.88. The molecule has 4 heterocycles. The summed E-state index contributed by atoms with van der Waals surface area (Å²) in [5, 5.41) is 25.0. The first-order valence-electron chi connectivity index (χ1n) is 11.5. The van der Waals surface area contributed by atoms with E-state index in [0.717, 1.165) is 42.6 Å². The van der Waals surface area contributed by atoms with Gasteiger partial charge in [-0.3, -0.25) is 4.79 Å². The number of carbonyl (C=O) groups is 2. The Balaban J connectivity index is 1.16. The summed E-state index contributed by atoms with van der Waals surface area (Å²) in [7, 11) is 0. The molecular weight excluding hydrogens is 450 g/mol. The van der Waals surface area contributed by atoms with E-state index in [1.807, 2.05) is 19.9 Å². The molecule has 35 heavy (non-hydrogen) atoms. The van der Waals surface area contributed by atoms with E-state index < -0.39 is 6.10 Å². The number of aliphatic hydroxyl groups excluding tert-OH is 1. The van der Waals surface area contributed by atoms with Crippen molar-refractivity contribution in [1.82, 2.24) is 35.4 Å². The fraction of sp³-hybridized carbons (Fsp3) is 0.417. The van der Waals surface area contributed by atoms with Gasteiger partial charge in [0.05, 0.1) is 23.6 Å². The lowest BCUT2D eigenvalue weighted by molar-refractivity contribution is 0.0534. The van der Waals surface area contributed by atoms with Gasteiger partial charge in [-0.1, -0.05) is 6.07 Å². The van der Waals surface area contributed by atoms with Crippen LogP contribution in [0.2, 0.25) is 0 Å². The Morgan fingerprint density at radius 1 is 1.26 bits per heavy atom. The van der Waals surface area contributed by atoms with Crippen LogP contribution in [0.3, 0.4) is 0 Å². The molecule has 1 fully saturated rings. The monoisotopic (exact) mass is 477 g/mol. The second kappa shape index (κ2) is 9.16. The van der Waals surface area contributed by atoms with E-state index in [1.165, 1.54) is 11.0 Å². The molecule has 11 nitrogen and oxygen atoms in total. The number of cyclic esters (lactones) is 1. The first-order chi connectivity index (χ1) is 16.8. The van der Waals surface area contributed by atoms with Gasteiger partial charge in [0.2, 0.25) is 0 Å². The zero-order valence-corrected chi connectivity index (χ0v) is 19.6. The average Bonchev–Trinajstić information content (AvgIpc) is 3.52. The molecule has 0 spiro atoms. The average molecular weight is 478 g/mol. The highest BCUT2D eigenvalue weighted by Crippen LogP contribution is 2.30. The number of fused-ring (bicyclic) bond motifs is 1. The minimum Gasteiger partial charge on any atom is -0.457 e. The minimum atomic E-state index is -0.669. The molecule has 1 saturated heterocycles. The van der Waals surface area contributed by atoms with Gasteiger partial charge in [-0.15, -0.1) is 5.10 Å². The Kier molecular flexibility index (Phi) is 6.03. The minimum absolute atomic E-state index is 0.227. The van der Waals surface area contributed by atoms with Gasteiger partial charge in [0.15, 0.2) is 0 Å². The highest BCUT2D eigenvalue weighted by Gasteiger charge is 2.33. The number of nitrogens with zero attached hydrogens (tertiary/aromatic N) is 6. The van der Waals surface area contributed by atoms with Crippen LogP contribution < -0.4 is 5.32 Å². The van der Waals surface area contributed by atoms with Gasteiger partial charge in [0.25, 0.3) is 5.91 Å². The number of β-amino-alcohol motifs (C(OH)–C–C–N with tert-alkyl or cyclic N) is 1. The number of hydrogen-bond donors (Lipinski definition) is 2. The fourth-order valence-electron chi connectivity index (χ4n) is 4.70. The first kappa shape index (κ1) is 23.1. The van der Waals surface area contributed by atoms with Crippen LogP contribution in [0.25, 0.3) is 5.69 Å². The van der Waals surface area contributed by atoms with Gasteiger partial charge in [-0.25, -0.2) is 9.78 Å². The van der Waals surface area contributed by atoms with E-state index in [9.17, 15) is 14.7 Å². The molecule has 1 amide bonds. The van der Waals surface area contributed by atoms with Crippen molar-refractivity contribution in [1.29, 1.82) is 0 Å². The molecule has 0 saturated carbocycles. The van der Waals surface area contributed by atoms with Crippen molar-refractivity contribution in [3.8, 4) is 5.69 Å². The third-order valence-electron chi connectivity index (χ3n) is 6.97. The van der Waals surface area contributed by atoms with Crippen molar-refractivity contribution in [3.63, 3.8) is 0 Å². The third kappa shape index (κ3) is 4.64. The number of carbonyl (C=O) groups excluding carboxylic acids is 2. The number of aromatic nitrogens is 5. The van der Waals surface area contributed by atoms with Gasteiger partial charge in [-0.2, -0.15) is 4.68 Å². The summed E-state index contributed by atoms with van der Waals surface area (Å²) in [4.78, 5) is 31.0. The Labute approximate surface area is 202 Å². The summed E-state index contributed by atoms with van der Waals surface area (Å²) in [6, 6.07) is 6.95. The molecule has 1 aromatic carbocycles. The van der Waals surface area contributed by atoms with Crippen molar-refractivity contribution in [2.45, 2.75) is 44.9 Å². The maximum atomic E-state index is 12.8. The molecule has 5 rings (SSSR count). The van der Waals surface area contributed by atoms with Gasteiger partial charge in [0, 0.05) is 30.7 Å². The van der Waals surface area contributed by atoms with E-state index >= 15 is 0 Å². The zero-order chi connectivity index (χ0) is 24.6. The molecule has 2 N–H and O–H groups in total. The SMILES string of the molecule is Cc1c([C@@H](O)CN2CCC(C)(NC(=O)c3ccc(-n4cnnn4)cn3)CC2)ccc2c1COC2=O. The number of rotatable bonds is 6. The number of likely N-dealkylation sites (tertiary alicyclic amines) is 1. The number of esters is 1. The third-order valence-corrected chi connectivity index (χ3v) is 6.97. The Hall–Kier alpha value is -3.70. The molecule has 11 heteroatoms. The predicted molar refractivity (Wildman–Crippen MR) is 124 cm³/mol. The van der Waals surface area contributed by atoms with Crippen LogP contribution in [-0.4, -0.2) is 72.2 Å². The van der Waals surface area contributed by atoms with E-state index in [4.69, 9.17) is 4.74 Å². The fourth-order valence-corrected chi connectivity index (χ4v) is 4.70. The molecule has 0 bridgehead atoms. The van der Waals surface area contributed by atoms with Gasteiger partial charge in [0.1, 0.15) is 18.6 Å². The molecule has 0 aliphatic carbocycles. The number of tetrazole rings is 1. The number of amides is 1. The summed E-state index contributed by atoms with van der Waals surface area (Å²) in [5.41, 5.74) is 3.81. The second-order valence-electron chi connectivity index (χ2n) is 9.37. The van der Waals surface area contributed by atoms with Gasteiger partial charge in [-0.05, 0) is 66.4 Å². The van der Waals surface area contributed by atoms with Crippen LogP contribution >= 0.6 is 0 Å². The number of hydrogen-bond acceptors (Lipinski definition) is 9. The van der Waals surface area contributed by atoms with Crippen molar-refractivity contribution >= 4 is 11.9 Å². The summed E-state index contributed by atoms with van der Waals surface area (Å²) in [5.74, 6) is -0.532. The summed E-state index contributed by atoms with van der Waals surface area (Å²) in [6.07, 6.45) is 3.85. The number of piperidine rings is 1. The Morgan fingerprint density at radius 3 is 2.74 bits per heavy atom. The Morgan fingerprint density at radius 2 is 2.06 bits per heavy atom. The van der Waals surface area contributed by atoms with Crippen molar-refractivity contribution in [2.24, 2.45) is 0 Å². The van der Waals surface area contributed by atoms with E-state index in [0.29, 0.717) is 23.5 Å². The quantitative estimate of drug-likeness (QED) is 0.504. The second-order valence-corrected chi connectivity index (χ2v) is 9.37. The number of aliphatic hydroxyl groups is 1. The molecule has 0 unspecified atom stereocenters. The maximum absolute atomic E-state index is 12.8. The lowest BCUT2D eigenvalue weighted by Gasteiger charge is -2.40. The summed E-state index contributed by atoms with van der Waals surface area (Å²) in [6.45, 7) is 6.19. The van der Waals surface area contributed by atoms with Crippen LogP contribution in [-0.2, 0) is 11.3 Å². The molecule has 182 valence electrons. The first-order valence-corrected chi connectivity index (χ1v) is 11.5. The van der Waals surface area contributed by atoms with Crippen molar-refractivity contribution in [3.05, 3.63) is 64.7 Å². The van der Waals surface area contributed by atoms with Gasteiger partial charge < -0.3 is 20.1 Å². The topological polar surface area (TPSA) is 135 Å². The molecule has 3 aromatic rings. The van der Waals surface area contributed by atoms with Crippen LogP contribution in [0.1, 0.15) is 63.4 Å². The van der Waals surface area contributed by atoms with Crippen LogP contribution in [0.5, 0.6) is 0 Å². The van der Waals surface area contributed by atoms with E-state index in [2.05, 4.69) is 30.7 Å². The smallest absolute Gasteiger partial charge is 0.338 e. The number of pyridine rings is 1. The van der Waals surface area contributed by atoms with Crippen molar-refractivity contribution in [2.75, 3.05) is 19.6 Å². The highest BCUT2D eigenvalue weighted by atomic mass is 16.5. The number of nitrogens with one attached hydrogen (secondary N) is 1. The largest absolute Gasteiger partial charge is 0.457 e.